The van der Waals surface area contributed by atoms with E-state index in [0.29, 0.717) is 17.3 Å². The molecular weight excluding hydrogens is 232 g/mol. The molecule has 1 aliphatic heterocycles. The van der Waals surface area contributed by atoms with Crippen LogP contribution in [0.2, 0.25) is 0 Å². The van der Waals surface area contributed by atoms with E-state index in [1.165, 1.54) is 0 Å². The van der Waals surface area contributed by atoms with Crippen LogP contribution >= 0.6 is 0 Å². The van der Waals surface area contributed by atoms with Gasteiger partial charge in [-0.1, -0.05) is 0 Å². The number of nitrogens with zero attached hydrogens (tertiary/aromatic N) is 3. The van der Waals surface area contributed by atoms with E-state index >= 15 is 0 Å². The molecule has 0 saturated carbocycles. The molecule has 18 heavy (non-hydrogen) atoms. The highest BCUT2D eigenvalue weighted by atomic mass is 16.6. The van der Waals surface area contributed by atoms with Crippen molar-refractivity contribution in [2.75, 3.05) is 31.6 Å². The van der Waals surface area contributed by atoms with Crippen LogP contribution in [0.15, 0.2) is 12.3 Å². The van der Waals surface area contributed by atoms with Gasteiger partial charge in [0.1, 0.15) is 5.82 Å². The molecule has 0 aliphatic carbocycles. The summed E-state index contributed by atoms with van der Waals surface area (Å²) in [5.41, 5.74) is 0.756. The Labute approximate surface area is 106 Å². The van der Waals surface area contributed by atoms with Crippen molar-refractivity contribution in [3.8, 4) is 0 Å². The van der Waals surface area contributed by atoms with Crippen LogP contribution in [0.1, 0.15) is 12.0 Å². The zero-order chi connectivity index (χ0) is 13.1. The predicted octanol–water partition coefficient (Wildman–Crippen LogP) is 1.34. The van der Waals surface area contributed by atoms with E-state index in [4.69, 9.17) is 0 Å². The summed E-state index contributed by atoms with van der Waals surface area (Å²) in [6.07, 6.45) is 2.68. The second-order valence-corrected chi connectivity index (χ2v) is 4.74. The van der Waals surface area contributed by atoms with Gasteiger partial charge in [-0.3, -0.25) is 10.1 Å². The average molecular weight is 250 g/mol. The first-order chi connectivity index (χ1) is 8.61. The van der Waals surface area contributed by atoms with Gasteiger partial charge in [0.15, 0.2) is 0 Å². The normalized spacial score (nSPS) is 19.2. The lowest BCUT2D eigenvalue weighted by molar-refractivity contribution is -0.385. The molecule has 0 aromatic carbocycles. The summed E-state index contributed by atoms with van der Waals surface area (Å²) in [5.74, 6) is 1.31. The first-order valence-electron chi connectivity index (χ1n) is 6.12. The molecule has 98 valence electrons. The third kappa shape index (κ3) is 2.59. The maximum Gasteiger partial charge on any atom is 0.277 e. The molecule has 0 bridgehead atoms. The van der Waals surface area contributed by atoms with Gasteiger partial charge < -0.3 is 10.2 Å². The molecule has 0 spiro atoms. The lowest BCUT2D eigenvalue weighted by Gasteiger charge is -2.17. The van der Waals surface area contributed by atoms with Crippen molar-refractivity contribution in [2.45, 2.75) is 13.3 Å². The van der Waals surface area contributed by atoms with Gasteiger partial charge >= 0.3 is 0 Å². The van der Waals surface area contributed by atoms with Crippen LogP contribution in [0, 0.1) is 23.0 Å². The van der Waals surface area contributed by atoms with Crippen LogP contribution in [-0.4, -0.2) is 36.6 Å². The minimum Gasteiger partial charge on any atom is -0.356 e. The molecule has 2 heterocycles. The lowest BCUT2D eigenvalue weighted by Crippen LogP contribution is -2.25. The number of rotatable bonds is 4. The van der Waals surface area contributed by atoms with Crippen LogP contribution in [-0.2, 0) is 0 Å². The summed E-state index contributed by atoms with van der Waals surface area (Å²) in [4.78, 5) is 17.0. The van der Waals surface area contributed by atoms with Gasteiger partial charge in [0.2, 0.25) is 0 Å². The Kier molecular flexibility index (Phi) is 3.76. The molecule has 1 unspecified atom stereocenters. The van der Waals surface area contributed by atoms with Gasteiger partial charge in [0.05, 0.1) is 11.0 Å². The summed E-state index contributed by atoms with van der Waals surface area (Å²) < 4.78 is 0. The Morgan fingerprint density at radius 3 is 3.11 bits per heavy atom. The molecule has 2 rings (SSSR count). The van der Waals surface area contributed by atoms with Crippen molar-refractivity contribution in [1.29, 1.82) is 0 Å². The van der Waals surface area contributed by atoms with Crippen molar-refractivity contribution >= 4 is 11.5 Å². The van der Waals surface area contributed by atoms with Crippen molar-refractivity contribution in [3.05, 3.63) is 27.9 Å². The summed E-state index contributed by atoms with van der Waals surface area (Å²) in [5, 5.41) is 14.1. The number of hydrogen-bond acceptors (Lipinski definition) is 5. The average Bonchev–Trinajstić information content (AvgIpc) is 2.78. The largest absolute Gasteiger partial charge is 0.356 e. The van der Waals surface area contributed by atoms with Crippen LogP contribution < -0.4 is 10.2 Å². The summed E-state index contributed by atoms with van der Waals surface area (Å²) in [6.45, 7) is 4.51. The van der Waals surface area contributed by atoms with Crippen LogP contribution in [0.25, 0.3) is 0 Å². The van der Waals surface area contributed by atoms with Crippen LogP contribution in [0.5, 0.6) is 0 Å². The Morgan fingerprint density at radius 1 is 1.67 bits per heavy atom. The number of nitrogens with one attached hydrogen (secondary N) is 1. The van der Waals surface area contributed by atoms with Crippen molar-refractivity contribution in [3.63, 3.8) is 0 Å². The molecule has 0 amide bonds. The third-order valence-corrected chi connectivity index (χ3v) is 3.36. The molecule has 1 aliphatic rings. The smallest absolute Gasteiger partial charge is 0.277 e. The van der Waals surface area contributed by atoms with E-state index in [1.54, 1.807) is 19.2 Å². The molecular formula is C12H18N4O2. The summed E-state index contributed by atoms with van der Waals surface area (Å²) >= 11 is 0. The molecule has 1 saturated heterocycles. The Hall–Kier alpha value is -1.69. The molecule has 1 fully saturated rings. The standard InChI is InChI=1S/C12H18N4O2/c1-9-6-14-12(5-11(9)16(17)18)15-4-3-10(8-15)7-13-2/h5-6,10,13H,3-4,7-8H2,1-2H3. The fourth-order valence-electron chi connectivity index (χ4n) is 2.37. The molecule has 1 aromatic rings. The van der Waals surface area contributed by atoms with E-state index in [1.807, 2.05) is 7.05 Å². The maximum atomic E-state index is 10.9. The van der Waals surface area contributed by atoms with Gasteiger partial charge in [-0.05, 0) is 32.9 Å². The second kappa shape index (κ2) is 5.30. The SMILES string of the molecule is CNCC1CCN(c2cc([N+](=O)[O-])c(C)cn2)C1. The Bertz CT molecular complexity index is 450. The fraction of sp³-hybridized carbons (Fsp3) is 0.583. The van der Waals surface area contributed by atoms with Crippen molar-refractivity contribution in [2.24, 2.45) is 5.92 Å². The Morgan fingerprint density at radius 2 is 2.44 bits per heavy atom. The first kappa shape index (κ1) is 12.8. The number of pyridine rings is 1. The van der Waals surface area contributed by atoms with E-state index in [2.05, 4.69) is 15.2 Å². The lowest BCUT2D eigenvalue weighted by atomic mass is 10.1. The minimum atomic E-state index is -0.346. The molecule has 0 radical (unpaired) electrons. The number of anilines is 1. The van der Waals surface area contributed by atoms with Gasteiger partial charge in [0.25, 0.3) is 5.69 Å². The second-order valence-electron chi connectivity index (χ2n) is 4.74. The minimum absolute atomic E-state index is 0.150. The maximum absolute atomic E-state index is 10.9. The quantitative estimate of drug-likeness (QED) is 0.645. The number of aromatic nitrogens is 1. The van der Waals surface area contributed by atoms with E-state index in [9.17, 15) is 10.1 Å². The number of aryl methyl sites for hydroxylation is 1. The van der Waals surface area contributed by atoms with E-state index < -0.39 is 0 Å². The van der Waals surface area contributed by atoms with Gasteiger partial charge in [-0.15, -0.1) is 0 Å². The molecule has 6 nitrogen and oxygen atoms in total. The van der Waals surface area contributed by atoms with Gasteiger partial charge in [-0.2, -0.15) is 0 Å². The predicted molar refractivity (Wildman–Crippen MR) is 69.9 cm³/mol. The van der Waals surface area contributed by atoms with Gasteiger partial charge in [0, 0.05) is 24.8 Å². The van der Waals surface area contributed by atoms with Crippen LogP contribution in [0.4, 0.5) is 11.5 Å². The molecule has 6 heteroatoms. The molecule has 1 N–H and O–H groups in total. The summed E-state index contributed by atoms with van der Waals surface area (Å²) in [7, 11) is 1.94. The third-order valence-electron chi connectivity index (χ3n) is 3.36. The number of nitro groups is 1. The van der Waals surface area contributed by atoms with E-state index in [0.717, 1.165) is 26.1 Å². The highest BCUT2D eigenvalue weighted by molar-refractivity contribution is 5.51. The highest BCUT2D eigenvalue weighted by Crippen LogP contribution is 2.26. The van der Waals surface area contributed by atoms with Crippen molar-refractivity contribution in [1.82, 2.24) is 10.3 Å². The fourth-order valence-corrected chi connectivity index (χ4v) is 2.37. The molecule has 1 atom stereocenters. The van der Waals surface area contributed by atoms with Crippen LogP contribution in [0.3, 0.4) is 0 Å². The zero-order valence-corrected chi connectivity index (χ0v) is 10.7. The topological polar surface area (TPSA) is 71.3 Å². The van der Waals surface area contributed by atoms with Gasteiger partial charge in [-0.25, -0.2) is 4.98 Å². The molecule has 1 aromatic heterocycles. The zero-order valence-electron chi connectivity index (χ0n) is 10.7. The number of hydrogen-bond donors (Lipinski definition) is 1. The monoisotopic (exact) mass is 250 g/mol. The first-order valence-corrected chi connectivity index (χ1v) is 6.12. The van der Waals surface area contributed by atoms with E-state index in [-0.39, 0.29) is 10.6 Å². The summed E-state index contributed by atoms with van der Waals surface area (Å²) in [6, 6.07) is 1.58. The highest BCUT2D eigenvalue weighted by Gasteiger charge is 2.24. The van der Waals surface area contributed by atoms with Crippen molar-refractivity contribution < 1.29 is 4.92 Å². The Balaban J connectivity index is 2.15.